The first-order valence-electron chi connectivity index (χ1n) is 3.49. The van der Waals surface area contributed by atoms with Gasteiger partial charge in [-0.15, -0.1) is 0 Å². The first kappa shape index (κ1) is 70.7. The van der Waals surface area contributed by atoms with Gasteiger partial charge >= 0.3 is 229 Å². The number of hydrogen-bond acceptors (Lipinski definition) is 10. The van der Waals surface area contributed by atoms with E-state index in [0.29, 0.717) is 0 Å². The van der Waals surface area contributed by atoms with Crippen molar-refractivity contribution < 1.29 is 274 Å². The van der Waals surface area contributed by atoms with Gasteiger partial charge < -0.3 is 8.56 Å². The number of hydrogen-bond donors (Lipinski definition) is 10. The van der Waals surface area contributed by atoms with Gasteiger partial charge in [-0.1, -0.05) is 0 Å². The predicted molar refractivity (Wildman–Crippen MR) is 77.6 cm³/mol. The van der Waals surface area contributed by atoms with Gasteiger partial charge in [-0.25, -0.2) is 0 Å². The van der Waals surface area contributed by atoms with Crippen molar-refractivity contribution in [3.63, 3.8) is 0 Å². The Hall–Kier alpha value is 5.35. The van der Waals surface area contributed by atoms with Crippen LogP contribution in [0.2, 0.25) is 0 Å². The molecule has 0 aliphatic heterocycles. The molecule has 0 spiro atoms. The van der Waals surface area contributed by atoms with E-state index in [2.05, 4.69) is 0 Å². The summed E-state index contributed by atoms with van der Waals surface area (Å²) in [6.07, 6.45) is 0. The Morgan fingerprint density at radius 1 is 0.258 bits per heavy atom. The van der Waals surface area contributed by atoms with E-state index in [0.717, 1.165) is 0 Å². The molecule has 0 bridgehead atoms. The Balaban J connectivity index is -0.00000000833. The van der Waals surface area contributed by atoms with E-state index in [1.807, 2.05) is 0 Å². The van der Waals surface area contributed by atoms with E-state index in [4.69, 9.17) is 87.6 Å². The van der Waals surface area contributed by atoms with E-state index >= 15 is 0 Å². The predicted octanol–water partition coefficient (Wildman–Crippen LogP) is -20.6. The van der Waals surface area contributed by atoms with Crippen LogP contribution in [-0.2, 0) is 52.0 Å². The Morgan fingerprint density at radius 3 is 0.258 bits per heavy atom. The van der Waals surface area contributed by atoms with Crippen molar-refractivity contribution in [2.24, 2.45) is 0 Å². The van der Waals surface area contributed by atoms with Crippen molar-refractivity contribution in [3.8, 4) is 0 Å². The molecule has 0 aliphatic rings. The van der Waals surface area contributed by atoms with Crippen LogP contribution in [0.4, 0.5) is 0 Å². The summed E-state index contributed by atoms with van der Waals surface area (Å²) >= 11 is 0. The van der Waals surface area contributed by atoms with Gasteiger partial charge in [-0.3, -0.25) is 45.5 Å². The van der Waals surface area contributed by atoms with Crippen LogP contribution >= 0.6 is 0 Å². The molecule has 0 aromatic heterocycles. The van der Waals surface area contributed by atoms with E-state index < -0.39 is 52.0 Å². The average molecular weight is 634 g/mol. The summed E-state index contributed by atoms with van der Waals surface area (Å²) in [5.74, 6) is 0. The zero-order chi connectivity index (χ0) is 22.5. The summed E-state index contributed by atoms with van der Waals surface area (Å²) in [7, 11) is -23.3. The van der Waals surface area contributed by atoms with Crippen LogP contribution < -0.4 is 177 Å². The van der Waals surface area contributed by atoms with Gasteiger partial charge in [0.15, 0.2) is 0 Å². The zero-order valence-corrected chi connectivity index (χ0v) is 32.7. The molecular formula is H16Na6O20S5. The largest absolute Gasteiger partial charge is 1.00 e. The molecule has 0 amide bonds. The van der Waals surface area contributed by atoms with Crippen molar-refractivity contribution >= 4 is 52.0 Å². The minimum Gasteiger partial charge on any atom is -1.00 e. The standard InChI is InChI=1S/6Na.5H2O4S.6H/c;;;;;;5*1-5(2,3)4;;;;;;/h;;;;;;5*(H2,1,2,3,4);;;;;;/q6*+1;;;;;;6*-1. The van der Waals surface area contributed by atoms with Crippen molar-refractivity contribution in [1.29, 1.82) is 0 Å². The average Bonchev–Trinajstić information content (AvgIpc) is 1.79. The van der Waals surface area contributed by atoms with E-state index in [9.17, 15) is 0 Å². The first-order chi connectivity index (χ1) is 10.0. The molecule has 31 heavy (non-hydrogen) atoms. The maximum atomic E-state index is 8.74. The summed E-state index contributed by atoms with van der Waals surface area (Å²) in [6.45, 7) is 0. The topological polar surface area (TPSA) is 373 Å². The van der Waals surface area contributed by atoms with Crippen LogP contribution in [0.5, 0.6) is 0 Å². The van der Waals surface area contributed by atoms with Gasteiger partial charge in [-0.05, 0) is 0 Å². The summed E-state index contributed by atoms with van der Waals surface area (Å²) < 4.78 is 158. The molecule has 0 unspecified atom stereocenters. The van der Waals surface area contributed by atoms with E-state index in [-0.39, 0.29) is 186 Å². The van der Waals surface area contributed by atoms with Gasteiger partial charge in [0.25, 0.3) is 0 Å². The minimum absolute atomic E-state index is 0. The van der Waals surface area contributed by atoms with Crippen molar-refractivity contribution in [3.05, 3.63) is 0 Å². The summed E-state index contributed by atoms with van der Waals surface area (Å²) in [5, 5.41) is 0. The van der Waals surface area contributed by atoms with Gasteiger partial charge in [0.2, 0.25) is 0 Å². The molecule has 31 heteroatoms. The fraction of sp³-hybridized carbons (Fsp3) is 0. The van der Waals surface area contributed by atoms with Crippen LogP contribution in [0.25, 0.3) is 0 Å². The third-order valence-electron chi connectivity index (χ3n) is 0. The van der Waals surface area contributed by atoms with Gasteiger partial charge in [0.05, 0.1) is 0 Å². The van der Waals surface area contributed by atoms with Crippen molar-refractivity contribution in [2.45, 2.75) is 0 Å². The maximum absolute atomic E-state index is 8.74. The Bertz CT molecular complexity index is 654. The zero-order valence-electron chi connectivity index (χ0n) is 22.6. The molecule has 0 heterocycles. The molecular weight excluding hydrogens is 618 g/mol. The third-order valence-corrected chi connectivity index (χ3v) is 0. The molecule has 20 nitrogen and oxygen atoms in total. The molecule has 0 saturated carbocycles. The molecule has 0 saturated heterocycles. The second-order valence-electron chi connectivity index (χ2n) is 2.24. The molecule has 0 radical (unpaired) electrons. The smallest absolute Gasteiger partial charge is 1.00 e. The molecule has 0 aromatic rings. The quantitative estimate of drug-likeness (QED) is 0.0873. The van der Waals surface area contributed by atoms with Crippen LogP contribution in [0.3, 0.4) is 0 Å². The van der Waals surface area contributed by atoms with Crippen molar-refractivity contribution in [1.82, 2.24) is 0 Å². The van der Waals surface area contributed by atoms with Crippen molar-refractivity contribution in [2.75, 3.05) is 0 Å². The van der Waals surface area contributed by atoms with Gasteiger partial charge in [0, 0.05) is 0 Å². The third kappa shape index (κ3) is 1370. The van der Waals surface area contributed by atoms with Crippen LogP contribution in [0.1, 0.15) is 8.56 Å². The maximum Gasteiger partial charge on any atom is 1.00 e. The van der Waals surface area contributed by atoms with Crippen LogP contribution in [0, 0.1) is 0 Å². The van der Waals surface area contributed by atoms with E-state index in [1.165, 1.54) is 0 Å². The van der Waals surface area contributed by atoms with Gasteiger partial charge in [0.1, 0.15) is 0 Å². The second kappa shape index (κ2) is 33.4. The summed E-state index contributed by atoms with van der Waals surface area (Å²) in [4.78, 5) is 0. The minimum atomic E-state index is -4.67. The summed E-state index contributed by atoms with van der Waals surface area (Å²) in [6, 6.07) is 0. The molecule has 0 atom stereocenters. The molecule has 0 aromatic carbocycles. The van der Waals surface area contributed by atoms with Crippen LogP contribution in [0.15, 0.2) is 0 Å². The normalized spacial score (nSPS) is 9.35. The second-order valence-corrected chi connectivity index (χ2v) is 6.72. The Morgan fingerprint density at radius 2 is 0.258 bits per heavy atom. The fourth-order valence-corrected chi connectivity index (χ4v) is 0. The SMILES string of the molecule is O=S(=O)(O)O.O=S(=O)(O)O.O=S(=O)(O)O.O=S(=O)(O)O.O=S(=O)(O)O.[H-].[H-].[H-].[H-].[H-].[H-].[Na+].[Na+].[Na+].[Na+].[Na+].[Na+]. The Kier molecular flexibility index (Phi) is 76.1. The van der Waals surface area contributed by atoms with E-state index in [1.54, 1.807) is 0 Å². The number of rotatable bonds is 0. The molecule has 0 rings (SSSR count). The molecule has 172 valence electrons. The van der Waals surface area contributed by atoms with Gasteiger partial charge in [-0.2, -0.15) is 42.1 Å². The Labute approximate surface area is 319 Å². The first-order valence-corrected chi connectivity index (χ1v) is 10.5. The molecule has 0 aliphatic carbocycles. The summed E-state index contributed by atoms with van der Waals surface area (Å²) in [5.41, 5.74) is 0. The molecule has 0 fully saturated rings. The van der Waals surface area contributed by atoms with Crippen LogP contribution in [-0.4, -0.2) is 87.6 Å². The fourth-order valence-electron chi connectivity index (χ4n) is 0. The molecule has 10 N–H and O–H groups in total. The monoisotopic (exact) mass is 634 g/mol.